The number of ether oxygens (including phenoxy) is 1. The third kappa shape index (κ3) is 3.49. The highest BCUT2D eigenvalue weighted by Gasteiger charge is 2.39. The van der Waals surface area contributed by atoms with Gasteiger partial charge in [-0.25, -0.2) is 0 Å². The van der Waals surface area contributed by atoms with E-state index >= 15 is 0 Å². The van der Waals surface area contributed by atoms with Crippen molar-refractivity contribution < 1.29 is 9.53 Å². The molecule has 23 heavy (non-hydrogen) atoms. The Morgan fingerprint density at radius 3 is 2.61 bits per heavy atom. The van der Waals surface area contributed by atoms with Gasteiger partial charge in [-0.2, -0.15) is 0 Å². The number of nitrogens with one attached hydrogen (secondary N) is 2. The van der Waals surface area contributed by atoms with Crippen LogP contribution in [0.5, 0.6) is 0 Å². The molecule has 1 aromatic carbocycles. The maximum Gasteiger partial charge on any atom is 0.234 e. The number of amides is 1. The van der Waals surface area contributed by atoms with E-state index in [1.165, 1.54) is 0 Å². The van der Waals surface area contributed by atoms with Crippen molar-refractivity contribution in [3.8, 4) is 0 Å². The SMILES string of the molecule is C=C1NC(=S)N[C@H](c2ccc(Cl)cc2)[C@@H]1C(=O)N1CCOCC1. The first-order chi connectivity index (χ1) is 11.1. The summed E-state index contributed by atoms with van der Waals surface area (Å²) >= 11 is 11.2. The van der Waals surface area contributed by atoms with E-state index in [4.69, 9.17) is 28.6 Å². The maximum absolute atomic E-state index is 13.0. The minimum Gasteiger partial charge on any atom is -0.378 e. The highest BCUT2D eigenvalue weighted by atomic mass is 35.5. The van der Waals surface area contributed by atoms with Crippen LogP contribution >= 0.6 is 23.8 Å². The molecule has 1 amide bonds. The van der Waals surface area contributed by atoms with E-state index in [2.05, 4.69) is 17.2 Å². The molecule has 0 aromatic heterocycles. The van der Waals surface area contributed by atoms with Crippen molar-refractivity contribution in [2.75, 3.05) is 26.3 Å². The van der Waals surface area contributed by atoms with Gasteiger partial charge in [0.2, 0.25) is 5.91 Å². The lowest BCUT2D eigenvalue weighted by atomic mass is 9.88. The zero-order chi connectivity index (χ0) is 16.4. The minimum absolute atomic E-state index is 0.0285. The Morgan fingerprint density at radius 2 is 1.96 bits per heavy atom. The van der Waals surface area contributed by atoms with Crippen LogP contribution in [0.25, 0.3) is 0 Å². The number of rotatable bonds is 2. The fourth-order valence-corrected chi connectivity index (χ4v) is 3.29. The summed E-state index contributed by atoms with van der Waals surface area (Å²) in [4.78, 5) is 14.8. The van der Waals surface area contributed by atoms with E-state index in [9.17, 15) is 4.79 Å². The summed E-state index contributed by atoms with van der Waals surface area (Å²) in [5, 5.41) is 7.30. The molecule has 2 fully saturated rings. The number of benzene rings is 1. The van der Waals surface area contributed by atoms with Crippen molar-refractivity contribution in [1.82, 2.24) is 15.5 Å². The van der Waals surface area contributed by atoms with Crippen LogP contribution in [-0.4, -0.2) is 42.2 Å². The molecule has 2 atom stereocenters. The van der Waals surface area contributed by atoms with E-state index in [0.717, 1.165) is 5.56 Å². The molecule has 1 aromatic rings. The molecule has 2 N–H and O–H groups in total. The molecule has 0 spiro atoms. The number of nitrogens with zero attached hydrogens (tertiary/aromatic N) is 1. The lowest BCUT2D eigenvalue weighted by Gasteiger charge is -2.39. The monoisotopic (exact) mass is 351 g/mol. The molecule has 3 rings (SSSR count). The van der Waals surface area contributed by atoms with Crippen LogP contribution in [0.1, 0.15) is 11.6 Å². The predicted molar refractivity (Wildman–Crippen MR) is 93.1 cm³/mol. The van der Waals surface area contributed by atoms with Gasteiger partial charge in [0.1, 0.15) is 5.92 Å². The molecule has 0 unspecified atom stereocenters. The molecule has 2 heterocycles. The summed E-state index contributed by atoms with van der Waals surface area (Å²) < 4.78 is 5.32. The average molecular weight is 352 g/mol. The van der Waals surface area contributed by atoms with E-state index in [-0.39, 0.29) is 11.9 Å². The Bertz CT molecular complexity index is 629. The van der Waals surface area contributed by atoms with Gasteiger partial charge in [0, 0.05) is 23.8 Å². The van der Waals surface area contributed by atoms with Crippen molar-refractivity contribution in [3.05, 3.63) is 47.1 Å². The van der Waals surface area contributed by atoms with Crippen LogP contribution in [0, 0.1) is 5.92 Å². The lowest BCUT2D eigenvalue weighted by molar-refractivity contribution is -0.139. The minimum atomic E-state index is -0.430. The fourth-order valence-electron chi connectivity index (χ4n) is 2.90. The van der Waals surface area contributed by atoms with E-state index < -0.39 is 5.92 Å². The summed E-state index contributed by atoms with van der Waals surface area (Å²) in [6, 6.07) is 7.16. The first-order valence-corrected chi connectivity index (χ1v) is 8.23. The lowest BCUT2D eigenvalue weighted by Crippen LogP contribution is -2.55. The van der Waals surface area contributed by atoms with Crippen LogP contribution in [0.3, 0.4) is 0 Å². The number of morpholine rings is 1. The first-order valence-electron chi connectivity index (χ1n) is 7.44. The van der Waals surface area contributed by atoms with Gasteiger partial charge < -0.3 is 20.3 Å². The zero-order valence-corrected chi connectivity index (χ0v) is 14.1. The van der Waals surface area contributed by atoms with Crippen LogP contribution < -0.4 is 10.6 Å². The summed E-state index contributed by atoms with van der Waals surface area (Å²) in [5.41, 5.74) is 1.57. The number of carbonyl (C=O) groups excluding carboxylic acids is 1. The van der Waals surface area contributed by atoms with Crippen LogP contribution in [0.4, 0.5) is 0 Å². The number of halogens is 1. The van der Waals surface area contributed by atoms with Crippen molar-refractivity contribution in [3.63, 3.8) is 0 Å². The molecule has 2 saturated heterocycles. The van der Waals surface area contributed by atoms with Gasteiger partial charge in [-0.05, 0) is 29.9 Å². The number of hydrogen-bond acceptors (Lipinski definition) is 3. The molecule has 0 aliphatic carbocycles. The Morgan fingerprint density at radius 1 is 1.30 bits per heavy atom. The summed E-state index contributed by atoms with van der Waals surface area (Å²) in [5.74, 6) is -0.401. The van der Waals surface area contributed by atoms with E-state index in [1.54, 1.807) is 0 Å². The Hall–Kier alpha value is -1.63. The zero-order valence-electron chi connectivity index (χ0n) is 12.5. The van der Waals surface area contributed by atoms with Gasteiger partial charge in [0.25, 0.3) is 0 Å². The van der Waals surface area contributed by atoms with Gasteiger partial charge in [-0.3, -0.25) is 4.79 Å². The smallest absolute Gasteiger partial charge is 0.234 e. The van der Waals surface area contributed by atoms with Gasteiger partial charge in [-0.15, -0.1) is 0 Å². The highest BCUT2D eigenvalue weighted by Crippen LogP contribution is 2.31. The molecule has 2 aliphatic rings. The van der Waals surface area contributed by atoms with Crippen molar-refractivity contribution in [2.24, 2.45) is 5.92 Å². The molecule has 5 nitrogen and oxygen atoms in total. The van der Waals surface area contributed by atoms with Crippen molar-refractivity contribution >= 4 is 34.8 Å². The van der Waals surface area contributed by atoms with Crippen LogP contribution in [0.2, 0.25) is 5.02 Å². The second-order valence-electron chi connectivity index (χ2n) is 5.57. The highest BCUT2D eigenvalue weighted by molar-refractivity contribution is 7.80. The van der Waals surface area contributed by atoms with Gasteiger partial charge in [0.15, 0.2) is 5.11 Å². The standard InChI is InChI=1S/C16H18ClN3O2S/c1-10-13(15(21)20-6-8-22-9-7-20)14(19-16(23)18-10)11-2-4-12(17)5-3-11/h2-5,13-14H,1,6-9H2,(H2,18,19,23)/t13-,14-/m1/s1. The molecule has 122 valence electrons. The van der Waals surface area contributed by atoms with Gasteiger partial charge in [0.05, 0.1) is 19.3 Å². The molecule has 2 aliphatic heterocycles. The normalized spacial score (nSPS) is 24.8. The van der Waals surface area contributed by atoms with E-state index in [1.807, 2.05) is 29.2 Å². The van der Waals surface area contributed by atoms with Gasteiger partial charge >= 0.3 is 0 Å². The fraction of sp³-hybridized carbons (Fsp3) is 0.375. The molecular formula is C16H18ClN3O2S. The number of carbonyl (C=O) groups is 1. The van der Waals surface area contributed by atoms with Crippen LogP contribution in [-0.2, 0) is 9.53 Å². The molecule has 7 heteroatoms. The summed E-state index contributed by atoms with van der Waals surface area (Å²) in [7, 11) is 0. The third-order valence-corrected chi connectivity index (χ3v) is 4.56. The third-order valence-electron chi connectivity index (χ3n) is 4.09. The summed E-state index contributed by atoms with van der Waals surface area (Å²) in [6.07, 6.45) is 0. The second-order valence-corrected chi connectivity index (χ2v) is 6.41. The van der Waals surface area contributed by atoms with Gasteiger partial charge in [-0.1, -0.05) is 30.3 Å². The quantitative estimate of drug-likeness (QED) is 0.796. The molecule has 0 bridgehead atoms. The number of thiocarbonyl (C=S) groups is 1. The predicted octanol–water partition coefficient (Wildman–Crippen LogP) is 1.85. The Kier molecular flexibility index (Phi) is 4.84. The maximum atomic E-state index is 13.0. The Labute approximate surface area is 145 Å². The number of hydrogen-bond donors (Lipinski definition) is 2. The largest absolute Gasteiger partial charge is 0.378 e. The van der Waals surface area contributed by atoms with Crippen molar-refractivity contribution in [1.29, 1.82) is 0 Å². The summed E-state index contributed by atoms with van der Waals surface area (Å²) in [6.45, 7) is 6.34. The molecule has 0 saturated carbocycles. The second kappa shape index (κ2) is 6.86. The van der Waals surface area contributed by atoms with E-state index in [0.29, 0.717) is 42.1 Å². The topological polar surface area (TPSA) is 53.6 Å². The molecular weight excluding hydrogens is 334 g/mol. The average Bonchev–Trinajstić information content (AvgIpc) is 2.55. The van der Waals surface area contributed by atoms with Crippen LogP contribution in [0.15, 0.2) is 36.5 Å². The van der Waals surface area contributed by atoms with Crippen molar-refractivity contribution in [2.45, 2.75) is 6.04 Å². The first kappa shape index (κ1) is 16.2. The molecule has 0 radical (unpaired) electrons. The Balaban J connectivity index is 1.89.